The topological polar surface area (TPSA) is 124 Å². The van der Waals surface area contributed by atoms with Gasteiger partial charge in [0.1, 0.15) is 6.73 Å². The summed E-state index contributed by atoms with van der Waals surface area (Å²) in [6.45, 7) is 9.04. The normalized spacial score (nSPS) is 8.68. The molecule has 1 amide bonds. The second-order valence-corrected chi connectivity index (χ2v) is 2.72. The van der Waals surface area contributed by atoms with Gasteiger partial charge in [0.05, 0.1) is 0 Å². The molecule has 0 aromatic rings. The molecule has 0 saturated carbocycles. The van der Waals surface area contributed by atoms with Gasteiger partial charge in [0.25, 0.3) is 0 Å². The van der Waals surface area contributed by atoms with Crippen LogP contribution in [0.25, 0.3) is 0 Å². The zero-order valence-corrected chi connectivity index (χ0v) is 10.9. The molecule has 7 heteroatoms. The first-order valence-electron chi connectivity index (χ1n) is 4.99. The van der Waals surface area contributed by atoms with Crippen molar-refractivity contribution in [3.8, 4) is 0 Å². The number of carboxylic acid groups (broad SMARTS) is 2. The Bertz CT molecular complexity index is 346. The van der Waals surface area contributed by atoms with Crippen LogP contribution in [-0.4, -0.2) is 39.9 Å². The van der Waals surface area contributed by atoms with Crippen molar-refractivity contribution in [3.63, 3.8) is 0 Å². The van der Waals surface area contributed by atoms with Gasteiger partial charge in [-0.25, -0.2) is 9.59 Å². The molecule has 0 rings (SSSR count). The van der Waals surface area contributed by atoms with E-state index in [9.17, 15) is 14.4 Å². The Morgan fingerprint density at radius 2 is 1.58 bits per heavy atom. The molecule has 0 unspecified atom stereocenters. The lowest BCUT2D eigenvalue weighted by molar-refractivity contribution is -0.133. The lowest BCUT2D eigenvalue weighted by Gasteiger charge is -1.89. The minimum atomic E-state index is -0.981. The summed E-state index contributed by atoms with van der Waals surface area (Å²) in [6.07, 6.45) is 3.48. The third-order valence-electron chi connectivity index (χ3n) is 1.38. The number of aliphatic carboxylic acids is 2. The van der Waals surface area contributed by atoms with Crippen molar-refractivity contribution in [2.45, 2.75) is 13.8 Å². The van der Waals surface area contributed by atoms with E-state index < -0.39 is 11.9 Å². The lowest BCUT2D eigenvalue weighted by Crippen LogP contribution is -2.20. The number of carbonyl (C=O) groups excluding carboxylic acids is 1. The number of aliphatic hydroxyl groups is 1. The maximum Gasteiger partial charge on any atom is 0.330 e. The van der Waals surface area contributed by atoms with Gasteiger partial charge in [-0.3, -0.25) is 4.79 Å². The monoisotopic (exact) mass is 273 g/mol. The van der Waals surface area contributed by atoms with Crippen LogP contribution < -0.4 is 5.32 Å². The second-order valence-electron chi connectivity index (χ2n) is 2.72. The molecule has 4 N–H and O–H groups in total. The summed E-state index contributed by atoms with van der Waals surface area (Å²) in [6, 6.07) is 0. The van der Waals surface area contributed by atoms with Crippen LogP contribution in [0.5, 0.6) is 0 Å². The van der Waals surface area contributed by atoms with Crippen molar-refractivity contribution < 1.29 is 29.7 Å². The van der Waals surface area contributed by atoms with Gasteiger partial charge in [0.15, 0.2) is 0 Å². The van der Waals surface area contributed by atoms with Crippen LogP contribution in [0.4, 0.5) is 0 Å². The SMILES string of the molecule is C=CC(=O)NCO.C=CC(=O)O.CC=C(C)C(=O)O. The molecule has 0 atom stereocenters. The summed E-state index contributed by atoms with van der Waals surface area (Å²) >= 11 is 0. The first-order chi connectivity index (χ1) is 8.76. The van der Waals surface area contributed by atoms with Crippen LogP contribution in [0.3, 0.4) is 0 Å². The fraction of sp³-hybridized carbons (Fsp3) is 0.250. The van der Waals surface area contributed by atoms with Gasteiger partial charge in [-0.2, -0.15) is 0 Å². The molecule has 0 radical (unpaired) electrons. The fourth-order valence-corrected chi connectivity index (χ4v) is 0.274. The van der Waals surface area contributed by atoms with E-state index in [4.69, 9.17) is 15.3 Å². The van der Waals surface area contributed by atoms with Crippen molar-refractivity contribution in [2.75, 3.05) is 6.73 Å². The van der Waals surface area contributed by atoms with E-state index in [0.29, 0.717) is 5.57 Å². The minimum absolute atomic E-state index is 0.329. The Morgan fingerprint density at radius 3 is 1.63 bits per heavy atom. The fourth-order valence-electron chi connectivity index (χ4n) is 0.274. The maximum absolute atomic E-state index is 10.0. The molecule has 0 aromatic heterocycles. The molecule has 0 spiro atoms. The number of carbonyl (C=O) groups is 3. The van der Waals surface area contributed by atoms with Gasteiger partial charge in [0, 0.05) is 11.6 Å². The van der Waals surface area contributed by atoms with Gasteiger partial charge in [-0.1, -0.05) is 19.2 Å². The highest BCUT2D eigenvalue weighted by Crippen LogP contribution is 1.87. The maximum atomic E-state index is 10.0. The lowest BCUT2D eigenvalue weighted by atomic mass is 10.3. The van der Waals surface area contributed by atoms with Crippen LogP contribution in [0, 0.1) is 0 Å². The van der Waals surface area contributed by atoms with Gasteiger partial charge in [-0.05, 0) is 19.9 Å². The van der Waals surface area contributed by atoms with Crippen LogP contribution in [0.2, 0.25) is 0 Å². The van der Waals surface area contributed by atoms with Crippen LogP contribution in [0.15, 0.2) is 37.0 Å². The van der Waals surface area contributed by atoms with Crippen molar-refractivity contribution >= 4 is 17.8 Å². The van der Waals surface area contributed by atoms with E-state index in [0.717, 1.165) is 12.2 Å². The summed E-state index contributed by atoms with van der Waals surface area (Å²) in [4.78, 5) is 29.1. The smallest absolute Gasteiger partial charge is 0.330 e. The zero-order chi connectivity index (χ0) is 15.8. The largest absolute Gasteiger partial charge is 0.478 e. The van der Waals surface area contributed by atoms with Gasteiger partial charge in [0.2, 0.25) is 5.91 Å². The predicted molar refractivity (Wildman–Crippen MR) is 70.3 cm³/mol. The van der Waals surface area contributed by atoms with E-state index in [1.165, 1.54) is 0 Å². The zero-order valence-electron chi connectivity index (χ0n) is 10.9. The molecular formula is C12H19NO6. The summed E-state index contributed by atoms with van der Waals surface area (Å²) in [5.41, 5.74) is 0.389. The van der Waals surface area contributed by atoms with Crippen molar-refractivity contribution in [3.05, 3.63) is 37.0 Å². The van der Waals surface area contributed by atoms with Gasteiger partial charge in [-0.15, -0.1) is 0 Å². The highest BCUT2D eigenvalue weighted by Gasteiger charge is 1.93. The number of hydrogen-bond acceptors (Lipinski definition) is 4. The Balaban J connectivity index is -0.000000206. The molecule has 0 aliphatic heterocycles. The molecule has 0 bridgehead atoms. The third-order valence-corrected chi connectivity index (χ3v) is 1.38. The van der Waals surface area contributed by atoms with Crippen molar-refractivity contribution in [1.29, 1.82) is 0 Å². The molecule has 0 heterocycles. The third kappa shape index (κ3) is 25.7. The second kappa shape index (κ2) is 15.6. The molecule has 108 valence electrons. The standard InChI is InChI=1S/C5H8O2.C4H7NO2.C3H4O2/c1-3-4(2)5(6)7;1-2-4(7)5-3-6;1-2-3(4)5/h3H,1-2H3,(H,6,7);2,6H,1,3H2,(H,5,7);2H,1H2,(H,4,5). The molecule has 19 heavy (non-hydrogen) atoms. The summed E-state index contributed by atoms with van der Waals surface area (Å²) in [7, 11) is 0. The van der Waals surface area contributed by atoms with Crippen LogP contribution >= 0.6 is 0 Å². The molecule has 0 aliphatic carbocycles. The average Bonchev–Trinajstić information content (AvgIpc) is 2.39. The molecule has 0 saturated heterocycles. The van der Waals surface area contributed by atoms with E-state index in [1.54, 1.807) is 19.9 Å². The number of nitrogens with one attached hydrogen (secondary N) is 1. The number of carboxylic acids is 2. The van der Waals surface area contributed by atoms with Crippen LogP contribution in [0.1, 0.15) is 13.8 Å². The number of hydrogen-bond donors (Lipinski definition) is 4. The number of aliphatic hydroxyl groups excluding tert-OH is 1. The summed E-state index contributed by atoms with van der Waals surface area (Å²) in [5, 5.41) is 25.8. The summed E-state index contributed by atoms with van der Waals surface area (Å²) < 4.78 is 0. The first-order valence-corrected chi connectivity index (χ1v) is 4.99. The highest BCUT2D eigenvalue weighted by molar-refractivity contribution is 5.86. The Hall–Kier alpha value is -2.41. The van der Waals surface area contributed by atoms with Crippen molar-refractivity contribution in [2.24, 2.45) is 0 Å². The summed E-state index contributed by atoms with van der Waals surface area (Å²) in [5.74, 6) is -2.19. The number of amides is 1. The molecule has 0 aromatic carbocycles. The van der Waals surface area contributed by atoms with Crippen LogP contribution in [-0.2, 0) is 14.4 Å². The Morgan fingerprint density at radius 1 is 1.16 bits per heavy atom. The Kier molecular flexibility index (Phi) is 17.9. The minimum Gasteiger partial charge on any atom is -0.478 e. The van der Waals surface area contributed by atoms with E-state index >= 15 is 0 Å². The van der Waals surface area contributed by atoms with Crippen molar-refractivity contribution in [1.82, 2.24) is 5.32 Å². The Labute approximate surface area is 111 Å². The van der Waals surface area contributed by atoms with E-state index in [2.05, 4.69) is 18.5 Å². The predicted octanol–water partition coefficient (Wildman–Crippen LogP) is 0.533. The molecular weight excluding hydrogens is 254 g/mol. The van der Waals surface area contributed by atoms with E-state index in [1.807, 2.05) is 0 Å². The number of allylic oxidation sites excluding steroid dienone is 1. The van der Waals surface area contributed by atoms with Gasteiger partial charge < -0.3 is 20.6 Å². The quantitative estimate of drug-likeness (QED) is 0.437. The average molecular weight is 273 g/mol. The molecule has 0 aliphatic rings. The van der Waals surface area contributed by atoms with Gasteiger partial charge >= 0.3 is 11.9 Å². The molecule has 0 fully saturated rings. The number of rotatable bonds is 4. The first kappa shape index (κ1) is 21.8. The highest BCUT2D eigenvalue weighted by atomic mass is 16.4. The molecule has 7 nitrogen and oxygen atoms in total. The van der Waals surface area contributed by atoms with E-state index in [-0.39, 0.29) is 12.6 Å².